The van der Waals surface area contributed by atoms with Crippen molar-refractivity contribution in [1.29, 1.82) is 0 Å². The van der Waals surface area contributed by atoms with Gasteiger partial charge in [-0.25, -0.2) is 18.6 Å². The zero-order chi connectivity index (χ0) is 25.1. The summed E-state index contributed by atoms with van der Waals surface area (Å²) in [4.78, 5) is 37.3. The Morgan fingerprint density at radius 3 is 2.75 bits per heavy atom. The first kappa shape index (κ1) is 23.7. The highest BCUT2D eigenvalue weighted by Crippen LogP contribution is 2.30. The van der Waals surface area contributed by atoms with Crippen molar-refractivity contribution in [1.82, 2.24) is 24.7 Å². The number of rotatable bonds is 7. The number of fused-ring (bicyclic) bond motifs is 1. The van der Waals surface area contributed by atoms with Gasteiger partial charge in [0.15, 0.2) is 11.6 Å². The quantitative estimate of drug-likeness (QED) is 0.550. The van der Waals surface area contributed by atoms with Crippen LogP contribution in [-0.2, 0) is 24.3 Å². The standard InChI is InChI=1S/C26H26F2N6O2/c27-21-8-3-7-20(23(21)28)24-25(31-26(36)34(24)12-4-11-32-14-10-29-17-32)30-15-22(35)33-13-9-18-5-1-2-6-19(18)16-33/h1-3,5-8,10,14,17,24H,4,9,11-13,15-16H2,(H,30,31,36). The van der Waals surface area contributed by atoms with Gasteiger partial charge in [0.2, 0.25) is 5.91 Å². The van der Waals surface area contributed by atoms with Gasteiger partial charge >= 0.3 is 6.03 Å². The number of urea groups is 1. The van der Waals surface area contributed by atoms with Gasteiger partial charge in [-0.2, -0.15) is 0 Å². The van der Waals surface area contributed by atoms with Crippen LogP contribution in [0.4, 0.5) is 13.6 Å². The molecule has 0 saturated carbocycles. The molecule has 10 heteroatoms. The minimum Gasteiger partial charge on any atom is -0.337 e. The summed E-state index contributed by atoms with van der Waals surface area (Å²) >= 11 is 0. The number of benzene rings is 2. The number of aliphatic imine (C=N–C) groups is 1. The molecule has 2 aliphatic heterocycles. The first-order valence-electron chi connectivity index (χ1n) is 11.9. The van der Waals surface area contributed by atoms with Crippen LogP contribution in [0.2, 0.25) is 0 Å². The zero-order valence-electron chi connectivity index (χ0n) is 19.6. The lowest BCUT2D eigenvalue weighted by Crippen LogP contribution is -2.37. The normalized spacial score (nSPS) is 18.4. The molecule has 3 heterocycles. The van der Waals surface area contributed by atoms with Crippen LogP contribution in [0, 0.1) is 11.6 Å². The lowest BCUT2D eigenvalue weighted by atomic mass is 10.00. The van der Waals surface area contributed by atoms with E-state index in [0.717, 1.165) is 18.1 Å². The number of amides is 3. The van der Waals surface area contributed by atoms with Crippen LogP contribution in [0.5, 0.6) is 0 Å². The summed E-state index contributed by atoms with van der Waals surface area (Å²) < 4.78 is 30.8. The van der Waals surface area contributed by atoms with Crippen molar-refractivity contribution in [2.75, 3.05) is 19.6 Å². The molecule has 2 aromatic carbocycles. The van der Waals surface area contributed by atoms with Gasteiger partial charge in [0.05, 0.1) is 6.33 Å². The van der Waals surface area contributed by atoms with Crippen LogP contribution in [0.15, 0.2) is 66.2 Å². The summed E-state index contributed by atoms with van der Waals surface area (Å²) in [5.74, 6) is -2.10. The predicted octanol–water partition coefficient (Wildman–Crippen LogP) is 3.30. The molecule has 0 spiro atoms. The summed E-state index contributed by atoms with van der Waals surface area (Å²) in [6, 6.07) is 10.4. The van der Waals surface area contributed by atoms with Gasteiger partial charge in [-0.15, -0.1) is 0 Å². The Balaban J connectivity index is 1.34. The molecule has 8 nitrogen and oxygen atoms in total. The van der Waals surface area contributed by atoms with E-state index in [4.69, 9.17) is 0 Å². The van der Waals surface area contributed by atoms with Crippen LogP contribution < -0.4 is 5.32 Å². The van der Waals surface area contributed by atoms with E-state index in [1.54, 1.807) is 17.4 Å². The molecule has 1 saturated heterocycles. The minimum atomic E-state index is -1.04. The molecule has 3 amide bonds. The van der Waals surface area contributed by atoms with E-state index in [9.17, 15) is 18.4 Å². The van der Waals surface area contributed by atoms with Gasteiger partial charge in [0, 0.05) is 44.1 Å². The number of nitrogens with zero attached hydrogens (tertiary/aromatic N) is 5. The lowest BCUT2D eigenvalue weighted by molar-refractivity contribution is -0.130. The number of carbonyl (C=O) groups is 2. The fourth-order valence-corrected chi connectivity index (χ4v) is 4.72. The molecule has 3 aromatic rings. The molecule has 1 fully saturated rings. The number of nitrogens with one attached hydrogen (secondary N) is 1. The van der Waals surface area contributed by atoms with Crippen LogP contribution in [0.25, 0.3) is 0 Å². The average molecular weight is 493 g/mol. The van der Waals surface area contributed by atoms with E-state index < -0.39 is 23.7 Å². The number of hydrogen-bond donors (Lipinski definition) is 1. The van der Waals surface area contributed by atoms with Crippen LogP contribution >= 0.6 is 0 Å². The second-order valence-corrected chi connectivity index (χ2v) is 8.86. The summed E-state index contributed by atoms with van der Waals surface area (Å²) in [5, 5.41) is 2.67. The highest BCUT2D eigenvalue weighted by molar-refractivity contribution is 6.08. The van der Waals surface area contributed by atoms with Crippen LogP contribution in [0.1, 0.15) is 29.2 Å². The predicted molar refractivity (Wildman–Crippen MR) is 129 cm³/mol. The van der Waals surface area contributed by atoms with E-state index in [0.29, 0.717) is 26.1 Å². The number of halogens is 2. The fraction of sp³-hybridized carbons (Fsp3) is 0.308. The smallest absolute Gasteiger partial charge is 0.323 e. The molecule has 0 aliphatic carbocycles. The Morgan fingerprint density at radius 2 is 1.94 bits per heavy atom. The molecule has 1 unspecified atom stereocenters. The molecule has 186 valence electrons. The highest BCUT2D eigenvalue weighted by Gasteiger charge is 2.39. The molecular formula is C26H26F2N6O2. The number of amidine groups is 1. The summed E-state index contributed by atoms with van der Waals surface area (Å²) in [6.07, 6.45) is 6.47. The van der Waals surface area contributed by atoms with Crippen molar-refractivity contribution < 1.29 is 18.4 Å². The second kappa shape index (κ2) is 10.3. The monoisotopic (exact) mass is 492 g/mol. The molecule has 5 rings (SSSR count). The van der Waals surface area contributed by atoms with Gasteiger partial charge in [-0.1, -0.05) is 36.4 Å². The van der Waals surface area contributed by atoms with Gasteiger partial charge in [0.25, 0.3) is 0 Å². The minimum absolute atomic E-state index is 0.00548. The molecular weight excluding hydrogens is 466 g/mol. The molecule has 0 bridgehead atoms. The first-order valence-corrected chi connectivity index (χ1v) is 11.9. The SMILES string of the molecule is O=C(C/N=C1\NC(=O)N(CCCn2ccnc2)C1c1cccc(F)c1F)N1CCc2ccccc2C1. The third kappa shape index (κ3) is 4.84. The second-order valence-electron chi connectivity index (χ2n) is 8.86. The largest absolute Gasteiger partial charge is 0.337 e. The molecule has 36 heavy (non-hydrogen) atoms. The molecule has 0 radical (unpaired) electrons. The molecule has 2 aliphatic rings. The third-order valence-electron chi connectivity index (χ3n) is 6.59. The molecule has 1 atom stereocenters. The van der Waals surface area contributed by atoms with E-state index in [-0.39, 0.29) is 30.4 Å². The Labute approximate surface area is 207 Å². The third-order valence-corrected chi connectivity index (χ3v) is 6.59. The number of aromatic nitrogens is 2. The summed E-state index contributed by atoms with van der Waals surface area (Å²) in [6.45, 7) is 1.75. The van der Waals surface area contributed by atoms with Crippen molar-refractivity contribution in [3.05, 3.63) is 89.5 Å². The maximum atomic E-state index is 14.8. The maximum Gasteiger partial charge on any atom is 0.323 e. The number of aryl methyl sites for hydroxylation is 1. The van der Waals surface area contributed by atoms with E-state index in [1.807, 2.05) is 29.0 Å². The van der Waals surface area contributed by atoms with E-state index >= 15 is 0 Å². The van der Waals surface area contributed by atoms with Crippen LogP contribution in [-0.4, -0.2) is 56.8 Å². The van der Waals surface area contributed by atoms with Gasteiger partial charge in [-0.05, 0) is 30.0 Å². The molecule has 1 aromatic heterocycles. The Bertz CT molecular complexity index is 1290. The van der Waals surface area contributed by atoms with Gasteiger partial charge < -0.3 is 14.4 Å². The fourth-order valence-electron chi connectivity index (χ4n) is 4.72. The topological polar surface area (TPSA) is 82.8 Å². The van der Waals surface area contributed by atoms with Crippen molar-refractivity contribution >= 4 is 17.8 Å². The average Bonchev–Trinajstić information content (AvgIpc) is 3.52. The Kier molecular flexibility index (Phi) is 6.75. The van der Waals surface area contributed by atoms with Crippen molar-refractivity contribution in [2.24, 2.45) is 4.99 Å². The molecule has 1 N–H and O–H groups in total. The van der Waals surface area contributed by atoms with Gasteiger partial charge in [0.1, 0.15) is 18.4 Å². The Morgan fingerprint density at radius 1 is 1.11 bits per heavy atom. The highest BCUT2D eigenvalue weighted by atomic mass is 19.2. The maximum absolute atomic E-state index is 14.8. The number of carbonyl (C=O) groups excluding carboxylic acids is 2. The summed E-state index contributed by atoms with van der Waals surface area (Å²) in [7, 11) is 0. The summed E-state index contributed by atoms with van der Waals surface area (Å²) in [5.41, 5.74) is 2.32. The van der Waals surface area contributed by atoms with Crippen molar-refractivity contribution in [3.8, 4) is 0 Å². The number of hydrogen-bond acceptors (Lipinski definition) is 4. The van der Waals surface area contributed by atoms with E-state index in [1.165, 1.54) is 22.6 Å². The first-order chi connectivity index (χ1) is 17.5. The van der Waals surface area contributed by atoms with Crippen molar-refractivity contribution in [2.45, 2.75) is 32.0 Å². The number of imidazole rings is 1. The van der Waals surface area contributed by atoms with E-state index in [2.05, 4.69) is 21.4 Å². The van der Waals surface area contributed by atoms with Crippen LogP contribution in [0.3, 0.4) is 0 Å². The Hall–Kier alpha value is -4.08. The van der Waals surface area contributed by atoms with Crippen molar-refractivity contribution in [3.63, 3.8) is 0 Å². The lowest BCUT2D eigenvalue weighted by Gasteiger charge is -2.28. The zero-order valence-corrected chi connectivity index (χ0v) is 19.6. The van der Waals surface area contributed by atoms with Gasteiger partial charge in [-0.3, -0.25) is 15.1 Å².